The second kappa shape index (κ2) is 5.51. The number of rotatable bonds is 2. The second-order valence-electron chi connectivity index (χ2n) is 4.92. The number of fused-ring (bicyclic) bond motifs is 1. The van der Waals surface area contributed by atoms with Gasteiger partial charge in [0.1, 0.15) is 5.38 Å². The van der Waals surface area contributed by atoms with E-state index in [1.807, 2.05) is 6.92 Å². The van der Waals surface area contributed by atoms with Gasteiger partial charge in [0.05, 0.1) is 13.2 Å². The molecule has 1 aromatic carbocycles. The molecule has 2 nitrogen and oxygen atoms in total. The monoisotopic (exact) mass is 330 g/mol. The third-order valence-electron chi connectivity index (χ3n) is 3.00. The molecule has 0 aliphatic carbocycles. The molecule has 2 rings (SSSR count). The van der Waals surface area contributed by atoms with Gasteiger partial charge >= 0.3 is 12.1 Å². The molecule has 8 heteroatoms. The van der Waals surface area contributed by atoms with E-state index in [9.17, 15) is 22.0 Å². The first-order valence-electron chi connectivity index (χ1n) is 6.11. The van der Waals surface area contributed by atoms with Gasteiger partial charge in [0.2, 0.25) is 0 Å². The number of halogens is 6. The standard InChI is InChI=1S/C13H12ClF5O2/c1-7-5-20-9-3-2-8(4-10(9)21-6-7)11(14)12(15,16)13(17,18)19/h2-4,7,11H,5-6H2,1H3. The van der Waals surface area contributed by atoms with E-state index < -0.39 is 17.5 Å². The molecule has 1 aliphatic rings. The number of ether oxygens (including phenoxy) is 2. The summed E-state index contributed by atoms with van der Waals surface area (Å²) in [7, 11) is 0. The normalized spacial score (nSPS) is 20.8. The summed E-state index contributed by atoms with van der Waals surface area (Å²) >= 11 is 5.33. The SMILES string of the molecule is CC1COc2ccc(C(Cl)C(F)(F)C(F)(F)F)cc2OC1. The van der Waals surface area contributed by atoms with Crippen LogP contribution < -0.4 is 9.47 Å². The fraction of sp³-hybridized carbons (Fsp3) is 0.538. The van der Waals surface area contributed by atoms with Gasteiger partial charge < -0.3 is 9.47 Å². The van der Waals surface area contributed by atoms with Crippen LogP contribution in [0.25, 0.3) is 0 Å². The third kappa shape index (κ3) is 3.17. The summed E-state index contributed by atoms with van der Waals surface area (Å²) in [5, 5.41) is -2.54. The summed E-state index contributed by atoms with van der Waals surface area (Å²) in [5.74, 6) is -4.56. The Kier molecular flexibility index (Phi) is 4.24. The van der Waals surface area contributed by atoms with Crippen molar-refractivity contribution in [1.82, 2.24) is 0 Å². The molecule has 0 bridgehead atoms. The minimum absolute atomic E-state index is 0.0734. The van der Waals surface area contributed by atoms with Gasteiger partial charge in [-0.15, -0.1) is 11.6 Å². The molecule has 21 heavy (non-hydrogen) atoms. The summed E-state index contributed by atoms with van der Waals surface area (Å²) < 4.78 is 74.2. The predicted molar refractivity (Wildman–Crippen MR) is 66.2 cm³/mol. The highest BCUT2D eigenvalue weighted by atomic mass is 35.5. The van der Waals surface area contributed by atoms with Gasteiger partial charge in [-0.05, 0) is 17.7 Å². The summed E-state index contributed by atoms with van der Waals surface area (Å²) in [5.41, 5.74) is -0.379. The van der Waals surface area contributed by atoms with E-state index in [2.05, 4.69) is 0 Å². The molecular weight excluding hydrogens is 319 g/mol. The Labute approximate surface area is 122 Å². The van der Waals surface area contributed by atoms with E-state index in [0.717, 1.165) is 12.1 Å². The number of hydrogen-bond acceptors (Lipinski definition) is 2. The first-order chi connectivity index (χ1) is 9.63. The zero-order valence-corrected chi connectivity index (χ0v) is 11.6. The lowest BCUT2D eigenvalue weighted by molar-refractivity contribution is -0.283. The van der Waals surface area contributed by atoms with Crippen LogP contribution in [0.15, 0.2) is 18.2 Å². The molecule has 1 aromatic rings. The van der Waals surface area contributed by atoms with Crippen molar-refractivity contribution < 1.29 is 31.4 Å². The van der Waals surface area contributed by atoms with Crippen molar-refractivity contribution in [3.8, 4) is 11.5 Å². The highest BCUT2D eigenvalue weighted by Crippen LogP contribution is 2.49. The fourth-order valence-corrected chi connectivity index (χ4v) is 2.04. The van der Waals surface area contributed by atoms with Gasteiger partial charge in [0, 0.05) is 5.92 Å². The first kappa shape index (κ1) is 16.1. The van der Waals surface area contributed by atoms with E-state index in [4.69, 9.17) is 21.1 Å². The second-order valence-corrected chi connectivity index (χ2v) is 5.35. The molecular formula is C13H12ClF5O2. The topological polar surface area (TPSA) is 18.5 Å². The Morgan fingerprint density at radius 1 is 1.10 bits per heavy atom. The molecule has 0 fully saturated rings. The summed E-state index contributed by atoms with van der Waals surface area (Å²) in [6.45, 7) is 2.50. The van der Waals surface area contributed by atoms with E-state index in [0.29, 0.717) is 12.4 Å². The number of benzene rings is 1. The van der Waals surface area contributed by atoms with Crippen LogP contribution in [0.2, 0.25) is 0 Å². The Balaban J connectivity index is 2.30. The molecule has 1 aliphatic heterocycles. The van der Waals surface area contributed by atoms with Crippen molar-refractivity contribution >= 4 is 11.6 Å². The average molecular weight is 331 g/mol. The Bertz CT molecular complexity index is 518. The minimum Gasteiger partial charge on any atom is -0.489 e. The molecule has 0 spiro atoms. The van der Waals surface area contributed by atoms with E-state index >= 15 is 0 Å². The Morgan fingerprint density at radius 2 is 1.67 bits per heavy atom. The molecule has 1 heterocycles. The zero-order chi connectivity index (χ0) is 15.8. The largest absolute Gasteiger partial charge is 0.489 e. The van der Waals surface area contributed by atoms with Gasteiger partial charge in [0.25, 0.3) is 0 Å². The quantitative estimate of drug-likeness (QED) is 0.584. The fourth-order valence-electron chi connectivity index (χ4n) is 1.78. The highest BCUT2D eigenvalue weighted by molar-refractivity contribution is 6.21. The van der Waals surface area contributed by atoms with E-state index in [1.165, 1.54) is 6.07 Å². The van der Waals surface area contributed by atoms with Crippen molar-refractivity contribution in [1.29, 1.82) is 0 Å². The van der Waals surface area contributed by atoms with Crippen molar-refractivity contribution in [2.75, 3.05) is 13.2 Å². The van der Waals surface area contributed by atoms with Crippen LogP contribution in [0.3, 0.4) is 0 Å². The molecule has 0 N–H and O–H groups in total. The van der Waals surface area contributed by atoms with Gasteiger partial charge in [-0.1, -0.05) is 13.0 Å². The lowest BCUT2D eigenvalue weighted by atomic mass is 10.1. The molecule has 0 aromatic heterocycles. The molecule has 0 saturated heterocycles. The van der Waals surface area contributed by atoms with Crippen molar-refractivity contribution in [3.05, 3.63) is 23.8 Å². The smallest absolute Gasteiger partial charge is 0.455 e. The first-order valence-corrected chi connectivity index (χ1v) is 6.54. The minimum atomic E-state index is -5.72. The van der Waals surface area contributed by atoms with Crippen molar-refractivity contribution in [3.63, 3.8) is 0 Å². The average Bonchev–Trinajstić information content (AvgIpc) is 2.58. The number of hydrogen-bond donors (Lipinski definition) is 0. The van der Waals surface area contributed by atoms with Crippen LogP contribution >= 0.6 is 11.6 Å². The molecule has 2 unspecified atom stereocenters. The zero-order valence-electron chi connectivity index (χ0n) is 10.9. The Morgan fingerprint density at radius 3 is 2.24 bits per heavy atom. The van der Waals surface area contributed by atoms with Gasteiger partial charge in [-0.25, -0.2) is 0 Å². The van der Waals surface area contributed by atoms with Crippen LogP contribution in [0.4, 0.5) is 22.0 Å². The predicted octanol–water partition coefficient (Wildman–Crippen LogP) is 4.57. The van der Waals surface area contributed by atoms with E-state index in [1.54, 1.807) is 0 Å². The lowest BCUT2D eigenvalue weighted by Gasteiger charge is -2.24. The highest BCUT2D eigenvalue weighted by Gasteiger charge is 2.62. The molecule has 0 amide bonds. The van der Waals surface area contributed by atoms with Crippen LogP contribution in [0.1, 0.15) is 17.9 Å². The van der Waals surface area contributed by atoms with Crippen LogP contribution in [0.5, 0.6) is 11.5 Å². The third-order valence-corrected chi connectivity index (χ3v) is 3.53. The maximum absolute atomic E-state index is 13.3. The molecule has 2 atom stereocenters. The van der Waals surface area contributed by atoms with Crippen molar-refractivity contribution in [2.24, 2.45) is 5.92 Å². The van der Waals surface area contributed by atoms with Crippen LogP contribution in [-0.4, -0.2) is 25.3 Å². The van der Waals surface area contributed by atoms with E-state index in [-0.39, 0.29) is 23.8 Å². The van der Waals surface area contributed by atoms with Crippen LogP contribution in [-0.2, 0) is 0 Å². The van der Waals surface area contributed by atoms with Gasteiger partial charge in [0.15, 0.2) is 11.5 Å². The van der Waals surface area contributed by atoms with Gasteiger partial charge in [-0.3, -0.25) is 0 Å². The number of alkyl halides is 6. The molecule has 0 radical (unpaired) electrons. The molecule has 0 saturated carbocycles. The lowest BCUT2D eigenvalue weighted by Crippen LogP contribution is -2.40. The van der Waals surface area contributed by atoms with Crippen LogP contribution in [0, 0.1) is 5.92 Å². The van der Waals surface area contributed by atoms with Gasteiger partial charge in [-0.2, -0.15) is 22.0 Å². The van der Waals surface area contributed by atoms with Crippen molar-refractivity contribution in [2.45, 2.75) is 24.4 Å². The summed E-state index contributed by atoms with van der Waals surface area (Å²) in [6, 6.07) is 3.42. The Hall–Kier alpha value is -1.24. The summed E-state index contributed by atoms with van der Waals surface area (Å²) in [6.07, 6.45) is -5.72. The maximum Gasteiger partial charge on any atom is 0.455 e. The summed E-state index contributed by atoms with van der Waals surface area (Å²) in [4.78, 5) is 0. The maximum atomic E-state index is 13.3. The molecule has 118 valence electrons.